The van der Waals surface area contributed by atoms with Crippen molar-refractivity contribution in [3.63, 3.8) is 0 Å². The van der Waals surface area contributed by atoms with E-state index in [0.29, 0.717) is 42.3 Å². The lowest BCUT2D eigenvalue weighted by molar-refractivity contribution is -0.158. The average Bonchev–Trinajstić information content (AvgIpc) is 2.87. The summed E-state index contributed by atoms with van der Waals surface area (Å²) in [5.74, 6) is 0.467. The molecule has 0 aliphatic carbocycles. The molecule has 4 fully saturated rings. The molecule has 4 aliphatic rings. The van der Waals surface area contributed by atoms with Crippen molar-refractivity contribution >= 4 is 29.2 Å². The Labute approximate surface area is 218 Å². The van der Waals surface area contributed by atoms with Gasteiger partial charge in [-0.3, -0.25) is 14.5 Å². The van der Waals surface area contributed by atoms with E-state index in [0.717, 1.165) is 64.8 Å². The number of likely N-dealkylation sites (tertiary alicyclic amines) is 1. The zero-order valence-electron chi connectivity index (χ0n) is 21.1. The highest BCUT2D eigenvalue weighted by molar-refractivity contribution is 6.33. The van der Waals surface area contributed by atoms with E-state index in [9.17, 15) is 14.7 Å². The number of carbonyl (C=O) groups is 2. The van der Waals surface area contributed by atoms with Crippen LogP contribution in [0.1, 0.15) is 55.3 Å². The molecule has 5 rings (SSSR count). The molecular formula is C26H39ClN4O5. The first-order valence-corrected chi connectivity index (χ1v) is 13.5. The second-order valence-electron chi connectivity index (χ2n) is 10.3. The third kappa shape index (κ3) is 6.82. The van der Waals surface area contributed by atoms with Crippen molar-refractivity contribution in [1.29, 1.82) is 0 Å². The Morgan fingerprint density at radius 1 is 1.14 bits per heavy atom. The van der Waals surface area contributed by atoms with Gasteiger partial charge < -0.3 is 30.5 Å². The molecular weight excluding hydrogens is 484 g/mol. The van der Waals surface area contributed by atoms with Gasteiger partial charge in [-0.25, -0.2) is 0 Å². The maximum absolute atomic E-state index is 12.8. The number of anilines is 1. The number of amides is 1. The summed E-state index contributed by atoms with van der Waals surface area (Å²) in [5, 5.41) is 13.8. The zero-order valence-corrected chi connectivity index (χ0v) is 21.8. The number of hydrogen-bond donors (Lipinski definition) is 3. The minimum absolute atomic E-state index is 0.0697. The van der Waals surface area contributed by atoms with E-state index in [4.69, 9.17) is 26.8 Å². The predicted octanol–water partition coefficient (Wildman–Crippen LogP) is 2.29. The summed E-state index contributed by atoms with van der Waals surface area (Å²) in [6, 6.07) is 2.66. The number of nitrogens with one attached hydrogen (secondary N) is 1. The molecule has 4 aliphatic heterocycles. The van der Waals surface area contributed by atoms with Gasteiger partial charge in [0.05, 0.1) is 35.5 Å². The van der Waals surface area contributed by atoms with Crippen LogP contribution < -0.4 is 15.8 Å². The number of rotatable bonds is 10. The smallest absolute Gasteiger partial charge is 0.306 e. The van der Waals surface area contributed by atoms with E-state index in [1.165, 1.54) is 19.2 Å². The molecule has 36 heavy (non-hydrogen) atoms. The molecule has 0 spiro atoms. The summed E-state index contributed by atoms with van der Waals surface area (Å²) in [5.41, 5.74) is 6.42. The number of fused-ring (bicyclic) bond motifs is 3. The topological polar surface area (TPSA) is 117 Å². The Morgan fingerprint density at radius 3 is 2.58 bits per heavy atom. The summed E-state index contributed by atoms with van der Waals surface area (Å²) in [6.07, 6.45) is 5.54. The lowest BCUT2D eigenvalue weighted by Crippen LogP contribution is -2.54. The number of ether oxygens (including phenoxy) is 2. The quantitative estimate of drug-likeness (QED) is 0.243. The molecule has 4 N–H and O–H groups in total. The van der Waals surface area contributed by atoms with Crippen LogP contribution in [0.15, 0.2) is 12.1 Å². The van der Waals surface area contributed by atoms with E-state index in [-0.39, 0.29) is 29.0 Å². The molecule has 0 unspecified atom stereocenters. The van der Waals surface area contributed by atoms with Gasteiger partial charge in [-0.2, -0.15) is 0 Å². The first-order valence-electron chi connectivity index (χ1n) is 13.1. The molecule has 1 amide bonds. The lowest BCUT2D eigenvalue weighted by Gasteiger charge is -2.43. The Kier molecular flexibility index (Phi) is 9.33. The van der Waals surface area contributed by atoms with Gasteiger partial charge in [-0.05, 0) is 63.7 Å². The third-order valence-electron chi connectivity index (χ3n) is 7.78. The number of esters is 1. The fraction of sp³-hybridized carbons (Fsp3) is 0.692. The molecule has 10 heteroatoms. The lowest BCUT2D eigenvalue weighted by atomic mass is 9.86. The van der Waals surface area contributed by atoms with Crippen LogP contribution in [-0.4, -0.2) is 91.4 Å². The number of aliphatic hydroxyl groups excluding tert-OH is 1. The number of aliphatic hydroxyl groups is 1. The maximum atomic E-state index is 12.8. The maximum Gasteiger partial charge on any atom is 0.306 e. The van der Waals surface area contributed by atoms with Gasteiger partial charge >= 0.3 is 5.97 Å². The first kappa shape index (κ1) is 27.0. The van der Waals surface area contributed by atoms with Crippen LogP contribution in [0.3, 0.4) is 0 Å². The standard InChI is InChI=1S/C26H39ClN4O5/c1-35-23-14-20(28)19(27)13-18(23)26(34)29-21-8-12-30(15-22(21)32)9-4-2-3-5-25(33)36-24-16-31-10-6-17(24)7-11-31/h13-14,17,21-22,24,32H,2-12,15-16,28H2,1H3,(H,29,34)/t21-,22+,24+/m1/s1. The summed E-state index contributed by atoms with van der Waals surface area (Å²) >= 11 is 6.08. The Bertz CT molecular complexity index is 924. The molecule has 4 heterocycles. The van der Waals surface area contributed by atoms with Crippen molar-refractivity contribution in [3.05, 3.63) is 22.7 Å². The molecule has 9 nitrogen and oxygen atoms in total. The summed E-state index contributed by atoms with van der Waals surface area (Å²) in [4.78, 5) is 29.6. The van der Waals surface area contributed by atoms with E-state index in [2.05, 4.69) is 15.1 Å². The van der Waals surface area contributed by atoms with Crippen LogP contribution in [0, 0.1) is 5.92 Å². The molecule has 2 bridgehead atoms. The van der Waals surface area contributed by atoms with Crippen LogP contribution in [0.25, 0.3) is 0 Å². The highest BCUT2D eigenvalue weighted by Crippen LogP contribution is 2.30. The van der Waals surface area contributed by atoms with Gasteiger partial charge in [0.15, 0.2) is 0 Å². The van der Waals surface area contributed by atoms with E-state index >= 15 is 0 Å². The number of methoxy groups -OCH3 is 1. The molecule has 4 saturated heterocycles. The summed E-state index contributed by atoms with van der Waals surface area (Å²) < 4.78 is 11.0. The first-order chi connectivity index (χ1) is 17.3. The highest BCUT2D eigenvalue weighted by atomic mass is 35.5. The van der Waals surface area contributed by atoms with Gasteiger partial charge in [-0.15, -0.1) is 0 Å². The van der Waals surface area contributed by atoms with Gasteiger partial charge in [0.2, 0.25) is 0 Å². The van der Waals surface area contributed by atoms with Crippen LogP contribution >= 0.6 is 11.6 Å². The van der Waals surface area contributed by atoms with Crippen LogP contribution in [0.4, 0.5) is 5.69 Å². The highest BCUT2D eigenvalue weighted by Gasteiger charge is 2.36. The predicted molar refractivity (Wildman–Crippen MR) is 138 cm³/mol. The molecule has 0 radical (unpaired) electrons. The summed E-state index contributed by atoms with van der Waals surface area (Å²) in [6.45, 7) is 5.31. The minimum atomic E-state index is -0.672. The number of benzene rings is 1. The fourth-order valence-corrected chi connectivity index (χ4v) is 5.75. The second-order valence-corrected chi connectivity index (χ2v) is 10.7. The fourth-order valence-electron chi connectivity index (χ4n) is 5.58. The van der Waals surface area contributed by atoms with E-state index < -0.39 is 6.10 Å². The molecule has 0 saturated carbocycles. The average molecular weight is 523 g/mol. The Balaban J connectivity index is 1.12. The number of nitrogens with two attached hydrogens (primary N) is 1. The number of unbranched alkanes of at least 4 members (excludes halogenated alkanes) is 2. The van der Waals surface area contributed by atoms with Crippen molar-refractivity contribution in [2.45, 2.75) is 63.2 Å². The molecule has 1 aromatic rings. The number of carbonyl (C=O) groups excluding carboxylic acids is 2. The number of β-amino-alcohol motifs (C(OH)–C–C–N with tert-alkyl or cyclic N) is 1. The molecule has 1 aromatic carbocycles. The van der Waals surface area contributed by atoms with E-state index in [1.54, 1.807) is 0 Å². The number of piperidine rings is 4. The van der Waals surface area contributed by atoms with Crippen molar-refractivity contribution in [3.8, 4) is 5.75 Å². The SMILES string of the molecule is COc1cc(N)c(Cl)cc1C(=O)N[C@@H]1CCN(CCCCCC(=O)O[C@H]2CN3CCC2CC3)C[C@@H]1O. The van der Waals surface area contributed by atoms with Crippen LogP contribution in [0.2, 0.25) is 5.02 Å². The number of nitrogen functional groups attached to an aromatic ring is 1. The number of hydrogen-bond acceptors (Lipinski definition) is 8. The Morgan fingerprint density at radius 2 is 1.92 bits per heavy atom. The molecule has 200 valence electrons. The number of nitrogens with zero attached hydrogens (tertiary/aromatic N) is 2. The van der Waals surface area contributed by atoms with Gasteiger partial charge in [0.1, 0.15) is 11.9 Å². The minimum Gasteiger partial charge on any atom is -0.496 e. The van der Waals surface area contributed by atoms with Crippen LogP contribution in [0.5, 0.6) is 5.75 Å². The summed E-state index contributed by atoms with van der Waals surface area (Å²) in [7, 11) is 1.47. The van der Waals surface area contributed by atoms with Gasteiger partial charge in [0.25, 0.3) is 5.91 Å². The second kappa shape index (κ2) is 12.4. The van der Waals surface area contributed by atoms with E-state index in [1.807, 2.05) is 0 Å². The molecule has 0 aromatic heterocycles. The van der Waals surface area contributed by atoms with Crippen molar-refractivity contribution < 1.29 is 24.2 Å². The van der Waals surface area contributed by atoms with Gasteiger partial charge in [-0.1, -0.05) is 18.0 Å². The Hall–Kier alpha value is -2.07. The zero-order chi connectivity index (χ0) is 25.7. The van der Waals surface area contributed by atoms with Crippen molar-refractivity contribution in [1.82, 2.24) is 15.1 Å². The van der Waals surface area contributed by atoms with Crippen molar-refractivity contribution in [2.75, 3.05) is 52.1 Å². The largest absolute Gasteiger partial charge is 0.496 e. The monoisotopic (exact) mass is 522 g/mol. The third-order valence-corrected chi connectivity index (χ3v) is 8.11. The molecule has 3 atom stereocenters. The number of halogens is 1. The van der Waals surface area contributed by atoms with Crippen molar-refractivity contribution in [2.24, 2.45) is 5.92 Å². The van der Waals surface area contributed by atoms with Gasteiger partial charge in [0, 0.05) is 32.1 Å². The normalized spacial score (nSPS) is 28.0. The van der Waals surface area contributed by atoms with Crippen LogP contribution in [-0.2, 0) is 9.53 Å².